The fourth-order valence-corrected chi connectivity index (χ4v) is 1.96. The Morgan fingerprint density at radius 2 is 1.87 bits per heavy atom. The topological polar surface area (TPSA) is 17.8 Å². The van der Waals surface area contributed by atoms with Crippen LogP contribution in [0, 0.1) is 0 Å². The quantitative estimate of drug-likeness (QED) is 0.777. The largest absolute Gasteiger partial charge is 0.268 e. The summed E-state index contributed by atoms with van der Waals surface area (Å²) in [5.41, 5.74) is 2.66. The van der Waals surface area contributed by atoms with Crippen molar-refractivity contribution in [1.29, 1.82) is 0 Å². The third-order valence-corrected chi connectivity index (χ3v) is 2.71. The minimum Gasteiger partial charge on any atom is -0.268 e. The van der Waals surface area contributed by atoms with Gasteiger partial charge in [0.2, 0.25) is 0 Å². The molecule has 0 aliphatic heterocycles. The summed E-state index contributed by atoms with van der Waals surface area (Å²) < 4.78 is 1.93. The van der Waals surface area contributed by atoms with Crippen LogP contribution in [0.25, 0.3) is 0 Å². The van der Waals surface area contributed by atoms with Gasteiger partial charge in [0, 0.05) is 17.7 Å². The molecule has 2 nitrogen and oxygen atoms in total. The van der Waals surface area contributed by atoms with Gasteiger partial charge in [-0.2, -0.15) is 5.10 Å². The van der Waals surface area contributed by atoms with Gasteiger partial charge in [0.15, 0.2) is 0 Å². The van der Waals surface area contributed by atoms with Gasteiger partial charge in [-0.25, -0.2) is 0 Å². The van der Waals surface area contributed by atoms with E-state index in [4.69, 9.17) is 0 Å². The molecule has 0 unspecified atom stereocenters. The molecule has 0 spiro atoms. The summed E-state index contributed by atoms with van der Waals surface area (Å²) in [5, 5.41) is 5.20. The monoisotopic (exact) mass is 264 g/mol. The van der Waals surface area contributed by atoms with E-state index < -0.39 is 0 Å². The third-order valence-electron chi connectivity index (χ3n) is 2.31. The minimum absolute atomic E-state index is 0.849. The first-order chi connectivity index (χ1) is 7.38. The molecule has 0 atom stereocenters. The van der Waals surface area contributed by atoms with Crippen LogP contribution in [0.3, 0.4) is 0 Å². The van der Waals surface area contributed by atoms with Crippen molar-refractivity contribution in [3.8, 4) is 0 Å². The van der Waals surface area contributed by atoms with Gasteiger partial charge in [-0.05, 0) is 23.6 Å². The van der Waals surface area contributed by atoms with Crippen LogP contribution in [0.2, 0.25) is 0 Å². The molecule has 0 N–H and O–H groups in total. The lowest BCUT2D eigenvalue weighted by atomic mass is 10.1. The molecule has 1 aromatic heterocycles. The molecule has 0 fully saturated rings. The molecule has 3 heteroatoms. The van der Waals surface area contributed by atoms with E-state index in [2.05, 4.69) is 45.3 Å². The minimum atomic E-state index is 0.849. The molecular weight excluding hydrogens is 252 g/mol. The molecule has 1 aromatic carbocycles. The Kier molecular flexibility index (Phi) is 3.56. The van der Waals surface area contributed by atoms with E-state index in [-0.39, 0.29) is 0 Å². The normalized spacial score (nSPS) is 10.5. The first kappa shape index (κ1) is 10.4. The zero-order chi connectivity index (χ0) is 10.5. The molecule has 0 saturated carbocycles. The number of nitrogens with zero attached hydrogens (tertiary/aromatic N) is 2. The van der Waals surface area contributed by atoms with Gasteiger partial charge in [0.1, 0.15) is 0 Å². The van der Waals surface area contributed by atoms with Crippen molar-refractivity contribution in [2.24, 2.45) is 0 Å². The molecule has 0 aliphatic rings. The van der Waals surface area contributed by atoms with Gasteiger partial charge in [-0.15, -0.1) is 0 Å². The van der Waals surface area contributed by atoms with Crippen LogP contribution >= 0.6 is 15.9 Å². The van der Waals surface area contributed by atoms with Crippen LogP contribution in [0.5, 0.6) is 0 Å². The van der Waals surface area contributed by atoms with Crippen LogP contribution in [-0.4, -0.2) is 15.1 Å². The summed E-state index contributed by atoms with van der Waals surface area (Å²) in [4.78, 5) is 0. The molecule has 0 radical (unpaired) electrons. The van der Waals surface area contributed by atoms with Crippen molar-refractivity contribution in [2.45, 2.75) is 13.0 Å². The van der Waals surface area contributed by atoms with Gasteiger partial charge in [0.05, 0.1) is 6.54 Å². The molecule has 0 aliphatic carbocycles. The lowest BCUT2D eigenvalue weighted by Gasteiger charge is -2.03. The maximum atomic E-state index is 4.18. The number of halogens is 1. The Labute approximate surface area is 98.1 Å². The van der Waals surface area contributed by atoms with Crippen molar-refractivity contribution in [3.05, 3.63) is 53.9 Å². The Balaban J connectivity index is 2.04. The van der Waals surface area contributed by atoms with Crippen LogP contribution in [0.1, 0.15) is 11.1 Å². The molecule has 78 valence electrons. The lowest BCUT2D eigenvalue weighted by Crippen LogP contribution is -1.99. The number of alkyl halides is 1. The predicted octanol–water partition coefficient (Wildman–Crippen LogP) is 2.87. The summed E-state index contributed by atoms with van der Waals surface area (Å²) in [6.45, 7) is 0.849. The molecule has 0 bridgehead atoms. The van der Waals surface area contributed by atoms with E-state index in [0.29, 0.717) is 0 Å². The van der Waals surface area contributed by atoms with Gasteiger partial charge in [-0.1, -0.05) is 40.2 Å². The molecule has 0 amide bonds. The zero-order valence-electron chi connectivity index (χ0n) is 8.44. The number of aromatic nitrogens is 2. The van der Waals surface area contributed by atoms with E-state index in [1.807, 2.05) is 16.9 Å². The highest BCUT2D eigenvalue weighted by atomic mass is 79.9. The number of aryl methyl sites for hydroxylation is 1. The average Bonchev–Trinajstić information content (AvgIpc) is 2.74. The summed E-state index contributed by atoms with van der Waals surface area (Å²) in [6.07, 6.45) is 4.87. The van der Waals surface area contributed by atoms with Crippen LogP contribution in [0.15, 0.2) is 42.7 Å². The summed E-state index contributed by atoms with van der Waals surface area (Å²) >= 11 is 3.44. The van der Waals surface area contributed by atoms with Crippen molar-refractivity contribution in [1.82, 2.24) is 9.78 Å². The highest BCUT2D eigenvalue weighted by Crippen LogP contribution is 2.07. The highest BCUT2D eigenvalue weighted by molar-refractivity contribution is 9.09. The standard InChI is InChI=1S/C12H13BrN2/c13-7-6-11-2-4-12(5-3-11)10-15-9-1-8-14-15/h1-5,8-9H,6-7,10H2. The summed E-state index contributed by atoms with van der Waals surface area (Å²) in [7, 11) is 0. The van der Waals surface area contributed by atoms with Crippen molar-refractivity contribution >= 4 is 15.9 Å². The van der Waals surface area contributed by atoms with Crippen molar-refractivity contribution in [3.63, 3.8) is 0 Å². The van der Waals surface area contributed by atoms with E-state index >= 15 is 0 Å². The molecule has 2 rings (SSSR count). The van der Waals surface area contributed by atoms with Gasteiger partial charge in [-0.3, -0.25) is 4.68 Å². The SMILES string of the molecule is BrCCc1ccc(Cn2cccn2)cc1. The van der Waals surface area contributed by atoms with Crippen molar-refractivity contribution in [2.75, 3.05) is 5.33 Å². The second-order valence-corrected chi connectivity index (χ2v) is 4.25. The van der Waals surface area contributed by atoms with Crippen LogP contribution in [-0.2, 0) is 13.0 Å². The molecule has 2 aromatic rings. The van der Waals surface area contributed by atoms with E-state index in [1.54, 1.807) is 6.20 Å². The van der Waals surface area contributed by atoms with Crippen molar-refractivity contribution < 1.29 is 0 Å². The molecule has 0 saturated heterocycles. The smallest absolute Gasteiger partial charge is 0.0659 e. The van der Waals surface area contributed by atoms with E-state index in [9.17, 15) is 0 Å². The molecular formula is C12H13BrN2. The Morgan fingerprint density at radius 3 is 2.47 bits per heavy atom. The Hall–Kier alpha value is -1.09. The van der Waals surface area contributed by atoms with Gasteiger partial charge < -0.3 is 0 Å². The van der Waals surface area contributed by atoms with Crippen LogP contribution in [0.4, 0.5) is 0 Å². The fourth-order valence-electron chi connectivity index (χ4n) is 1.50. The molecule has 1 heterocycles. The Bertz CT molecular complexity index is 392. The summed E-state index contributed by atoms with van der Waals surface area (Å²) in [5.74, 6) is 0. The predicted molar refractivity (Wildman–Crippen MR) is 65.3 cm³/mol. The Morgan fingerprint density at radius 1 is 1.13 bits per heavy atom. The second kappa shape index (κ2) is 5.12. The maximum absolute atomic E-state index is 4.18. The third kappa shape index (κ3) is 2.93. The number of hydrogen-bond acceptors (Lipinski definition) is 1. The van der Waals surface area contributed by atoms with E-state index in [1.165, 1.54) is 11.1 Å². The van der Waals surface area contributed by atoms with Gasteiger partial charge in [0.25, 0.3) is 0 Å². The highest BCUT2D eigenvalue weighted by Gasteiger charge is 1.95. The van der Waals surface area contributed by atoms with Gasteiger partial charge >= 0.3 is 0 Å². The lowest BCUT2D eigenvalue weighted by molar-refractivity contribution is 0.686. The van der Waals surface area contributed by atoms with Crippen LogP contribution < -0.4 is 0 Å². The second-order valence-electron chi connectivity index (χ2n) is 3.46. The average molecular weight is 265 g/mol. The first-order valence-electron chi connectivity index (χ1n) is 5.00. The molecule has 15 heavy (non-hydrogen) atoms. The summed E-state index contributed by atoms with van der Waals surface area (Å²) in [6, 6.07) is 10.6. The fraction of sp³-hybridized carbons (Fsp3) is 0.250. The number of benzene rings is 1. The number of hydrogen-bond donors (Lipinski definition) is 0. The number of rotatable bonds is 4. The maximum Gasteiger partial charge on any atom is 0.0659 e. The zero-order valence-corrected chi connectivity index (χ0v) is 10.0. The van der Waals surface area contributed by atoms with E-state index in [0.717, 1.165) is 18.3 Å². The first-order valence-corrected chi connectivity index (χ1v) is 6.12.